The van der Waals surface area contributed by atoms with Gasteiger partial charge in [-0.1, -0.05) is 26.0 Å². The van der Waals surface area contributed by atoms with Crippen molar-refractivity contribution in [2.45, 2.75) is 63.6 Å². The molecule has 1 heterocycles. The molecule has 1 unspecified atom stereocenters. The van der Waals surface area contributed by atoms with Crippen LogP contribution in [0.15, 0.2) is 12.2 Å². The number of aliphatic hydroxyl groups is 3. The molecule has 1 rings (SSSR count). The van der Waals surface area contributed by atoms with E-state index in [1.54, 1.807) is 6.08 Å². The number of carbonyl (C=O) groups is 2. The quantitative estimate of drug-likeness (QED) is 0.357. The molecular weight excluding hydrogens is 328 g/mol. The monoisotopic (exact) mass is 358 g/mol. The van der Waals surface area contributed by atoms with E-state index in [0.717, 1.165) is 12.8 Å². The second-order valence-electron chi connectivity index (χ2n) is 6.60. The summed E-state index contributed by atoms with van der Waals surface area (Å²) in [6, 6.07) is -0.706. The molecule has 0 radical (unpaired) electrons. The van der Waals surface area contributed by atoms with Gasteiger partial charge in [0.1, 0.15) is 24.4 Å². The molecule has 0 saturated carbocycles. The van der Waals surface area contributed by atoms with Crippen LogP contribution in [-0.2, 0) is 14.3 Å². The molecule has 1 aliphatic heterocycles. The number of rotatable bonds is 8. The van der Waals surface area contributed by atoms with Crippen LogP contribution in [0.1, 0.15) is 33.1 Å². The highest BCUT2D eigenvalue weighted by Gasteiger charge is 2.36. The molecule has 0 aromatic heterocycles. The number of amides is 2. The Labute approximate surface area is 148 Å². The van der Waals surface area contributed by atoms with Crippen LogP contribution in [0.25, 0.3) is 0 Å². The minimum Gasteiger partial charge on any atom is -0.387 e. The molecule has 0 aromatic rings. The van der Waals surface area contributed by atoms with E-state index < -0.39 is 36.4 Å². The Kier molecular flexibility index (Phi) is 9.05. The van der Waals surface area contributed by atoms with Gasteiger partial charge in [-0.2, -0.15) is 0 Å². The van der Waals surface area contributed by atoms with E-state index in [-0.39, 0.29) is 11.8 Å². The number of ether oxygens (including phenoxy) is 1. The summed E-state index contributed by atoms with van der Waals surface area (Å²) in [6.07, 6.45) is -0.851. The third-order valence-corrected chi connectivity index (χ3v) is 4.07. The molecule has 1 saturated heterocycles. The highest BCUT2D eigenvalue weighted by Crippen LogP contribution is 2.12. The lowest BCUT2D eigenvalue weighted by molar-refractivity contribution is -0.150. The zero-order chi connectivity index (χ0) is 19.0. The van der Waals surface area contributed by atoms with Crippen LogP contribution in [0, 0.1) is 5.92 Å². The van der Waals surface area contributed by atoms with Crippen molar-refractivity contribution in [2.75, 3.05) is 13.7 Å². The summed E-state index contributed by atoms with van der Waals surface area (Å²) in [5.41, 5.74) is 0. The molecule has 0 aliphatic carbocycles. The standard InChI is InChI=1S/C17H30N2O6/c1-10(2)7-8-12(20)13(21)14(22)15(25-3)17(24)19-11-6-4-5-9-18-16(11)23/h7-8,10-15,20-22H,4-6,9H2,1-3H3,(H,18,23)(H,19,24)/t11?,12-,13+,14-,15-/m1/s1. The first-order chi connectivity index (χ1) is 11.8. The molecule has 0 aromatic carbocycles. The number of methoxy groups -OCH3 is 1. The summed E-state index contributed by atoms with van der Waals surface area (Å²) in [7, 11) is 1.21. The normalized spacial score (nSPS) is 23.6. The minimum atomic E-state index is -1.65. The second-order valence-corrected chi connectivity index (χ2v) is 6.60. The van der Waals surface area contributed by atoms with Crippen LogP contribution in [0.5, 0.6) is 0 Å². The maximum absolute atomic E-state index is 12.3. The predicted octanol–water partition coefficient (Wildman–Crippen LogP) is -0.919. The first-order valence-corrected chi connectivity index (χ1v) is 8.61. The Bertz CT molecular complexity index is 468. The Hall–Kier alpha value is -1.48. The zero-order valence-electron chi connectivity index (χ0n) is 15.0. The van der Waals surface area contributed by atoms with Gasteiger partial charge < -0.3 is 30.7 Å². The highest BCUT2D eigenvalue weighted by atomic mass is 16.5. The Balaban J connectivity index is 2.71. The van der Waals surface area contributed by atoms with Crippen molar-refractivity contribution in [3.63, 3.8) is 0 Å². The van der Waals surface area contributed by atoms with Crippen LogP contribution in [0.2, 0.25) is 0 Å². The van der Waals surface area contributed by atoms with E-state index in [9.17, 15) is 24.9 Å². The number of carbonyl (C=O) groups excluding carboxylic acids is 2. The van der Waals surface area contributed by atoms with Crippen molar-refractivity contribution in [3.8, 4) is 0 Å². The van der Waals surface area contributed by atoms with Gasteiger partial charge in [-0.3, -0.25) is 9.59 Å². The first kappa shape index (κ1) is 21.6. The number of nitrogens with one attached hydrogen (secondary N) is 2. The fourth-order valence-corrected chi connectivity index (χ4v) is 2.56. The largest absolute Gasteiger partial charge is 0.387 e. The summed E-state index contributed by atoms with van der Waals surface area (Å²) >= 11 is 0. The van der Waals surface area contributed by atoms with E-state index in [0.29, 0.717) is 13.0 Å². The van der Waals surface area contributed by atoms with E-state index in [2.05, 4.69) is 10.6 Å². The van der Waals surface area contributed by atoms with Crippen molar-refractivity contribution in [1.82, 2.24) is 10.6 Å². The van der Waals surface area contributed by atoms with Gasteiger partial charge in [0, 0.05) is 13.7 Å². The maximum atomic E-state index is 12.3. The van der Waals surface area contributed by atoms with Crippen molar-refractivity contribution >= 4 is 11.8 Å². The minimum absolute atomic E-state index is 0.161. The first-order valence-electron chi connectivity index (χ1n) is 8.61. The lowest BCUT2D eigenvalue weighted by Gasteiger charge is -2.28. The van der Waals surface area contributed by atoms with E-state index in [1.165, 1.54) is 13.2 Å². The zero-order valence-corrected chi connectivity index (χ0v) is 15.0. The lowest BCUT2D eigenvalue weighted by Crippen LogP contribution is -2.55. The third kappa shape index (κ3) is 6.74. The molecule has 0 bridgehead atoms. The fourth-order valence-electron chi connectivity index (χ4n) is 2.56. The van der Waals surface area contributed by atoms with Crippen LogP contribution in [0.4, 0.5) is 0 Å². The summed E-state index contributed by atoms with van der Waals surface area (Å²) in [4.78, 5) is 24.2. The van der Waals surface area contributed by atoms with E-state index in [4.69, 9.17) is 4.74 Å². The van der Waals surface area contributed by atoms with Crippen LogP contribution in [0.3, 0.4) is 0 Å². The average Bonchev–Trinajstić information content (AvgIpc) is 2.77. The molecule has 1 fully saturated rings. The topological polar surface area (TPSA) is 128 Å². The summed E-state index contributed by atoms with van der Waals surface area (Å²) in [6.45, 7) is 4.36. The molecule has 1 aliphatic rings. The number of aliphatic hydroxyl groups excluding tert-OH is 3. The number of hydrogen-bond acceptors (Lipinski definition) is 6. The average molecular weight is 358 g/mol. The van der Waals surface area contributed by atoms with Crippen LogP contribution < -0.4 is 10.6 Å². The van der Waals surface area contributed by atoms with Crippen LogP contribution in [-0.4, -0.2) is 71.2 Å². The molecular formula is C17H30N2O6. The Morgan fingerprint density at radius 1 is 1.24 bits per heavy atom. The van der Waals surface area contributed by atoms with Gasteiger partial charge in [0.15, 0.2) is 6.10 Å². The third-order valence-electron chi connectivity index (χ3n) is 4.07. The van der Waals surface area contributed by atoms with Gasteiger partial charge in [-0.25, -0.2) is 0 Å². The van der Waals surface area contributed by atoms with Crippen molar-refractivity contribution < 1.29 is 29.6 Å². The molecule has 5 N–H and O–H groups in total. The molecule has 2 amide bonds. The number of hydrogen-bond donors (Lipinski definition) is 5. The second kappa shape index (κ2) is 10.5. The van der Waals surface area contributed by atoms with E-state index >= 15 is 0 Å². The smallest absolute Gasteiger partial charge is 0.252 e. The van der Waals surface area contributed by atoms with Gasteiger partial charge in [0.25, 0.3) is 5.91 Å². The van der Waals surface area contributed by atoms with E-state index in [1.807, 2.05) is 13.8 Å². The molecule has 144 valence electrons. The molecule has 5 atom stereocenters. The van der Waals surface area contributed by atoms with Gasteiger partial charge in [-0.05, 0) is 25.2 Å². The Morgan fingerprint density at radius 3 is 2.52 bits per heavy atom. The SMILES string of the molecule is CO[C@@H](C(=O)NC1CCCCNC1=O)[C@H](O)[C@@H](O)[C@H](O)C=CC(C)C. The van der Waals surface area contributed by atoms with Crippen molar-refractivity contribution in [2.24, 2.45) is 5.92 Å². The van der Waals surface area contributed by atoms with Gasteiger partial charge in [0.05, 0.1) is 0 Å². The highest BCUT2D eigenvalue weighted by molar-refractivity contribution is 5.89. The van der Waals surface area contributed by atoms with Gasteiger partial charge in [0.2, 0.25) is 5.91 Å². The fraction of sp³-hybridized carbons (Fsp3) is 0.765. The van der Waals surface area contributed by atoms with Crippen molar-refractivity contribution in [1.29, 1.82) is 0 Å². The maximum Gasteiger partial charge on any atom is 0.252 e. The van der Waals surface area contributed by atoms with Gasteiger partial charge >= 0.3 is 0 Å². The van der Waals surface area contributed by atoms with Gasteiger partial charge in [-0.15, -0.1) is 0 Å². The molecule has 25 heavy (non-hydrogen) atoms. The summed E-state index contributed by atoms with van der Waals surface area (Å²) in [5, 5.41) is 35.4. The van der Waals surface area contributed by atoms with Crippen LogP contribution >= 0.6 is 0 Å². The summed E-state index contributed by atoms with van der Waals surface area (Å²) < 4.78 is 4.99. The molecule has 0 spiro atoms. The van der Waals surface area contributed by atoms with Crippen molar-refractivity contribution in [3.05, 3.63) is 12.2 Å². The molecule has 8 nitrogen and oxygen atoms in total. The number of allylic oxidation sites excluding steroid dienone is 1. The Morgan fingerprint density at radius 2 is 1.92 bits per heavy atom. The predicted molar refractivity (Wildman–Crippen MR) is 91.6 cm³/mol. The lowest BCUT2D eigenvalue weighted by atomic mass is 10.0. The molecule has 8 heteroatoms. The summed E-state index contributed by atoms with van der Waals surface area (Å²) in [5.74, 6) is -0.832.